The first-order valence-electron chi connectivity index (χ1n) is 5.02. The number of nitrogen functional groups attached to an aromatic ring is 1. The first-order chi connectivity index (χ1) is 7.83. The standard InChI is InChI=1S/C11H11N3OS/c12-10-5-13-11(16-10)14-8-6-15-9-4-2-1-3-7(8)9/h1-5,8H,6,12H2,(H,13,14). The van der Waals surface area contributed by atoms with Gasteiger partial charge in [-0.1, -0.05) is 29.5 Å². The monoisotopic (exact) mass is 233 g/mol. The molecule has 0 bridgehead atoms. The normalized spacial score (nSPS) is 17.9. The zero-order valence-electron chi connectivity index (χ0n) is 8.51. The lowest BCUT2D eigenvalue weighted by molar-refractivity contribution is 0.340. The van der Waals surface area contributed by atoms with Crippen molar-refractivity contribution in [2.75, 3.05) is 17.7 Å². The Kier molecular flexibility index (Phi) is 2.18. The Balaban J connectivity index is 1.83. The van der Waals surface area contributed by atoms with Crippen molar-refractivity contribution in [3.63, 3.8) is 0 Å². The number of hydrogen-bond acceptors (Lipinski definition) is 5. The Hall–Kier alpha value is -1.75. The Morgan fingerprint density at radius 1 is 1.44 bits per heavy atom. The summed E-state index contributed by atoms with van der Waals surface area (Å²) in [5.41, 5.74) is 6.81. The highest BCUT2D eigenvalue weighted by molar-refractivity contribution is 7.19. The lowest BCUT2D eigenvalue weighted by Gasteiger charge is -2.09. The minimum Gasteiger partial charge on any atom is -0.491 e. The van der Waals surface area contributed by atoms with Crippen LogP contribution >= 0.6 is 11.3 Å². The van der Waals surface area contributed by atoms with Crippen LogP contribution < -0.4 is 15.8 Å². The molecular formula is C11H11N3OS. The fraction of sp³-hybridized carbons (Fsp3) is 0.182. The van der Waals surface area contributed by atoms with E-state index in [1.165, 1.54) is 16.9 Å². The number of rotatable bonds is 2. The van der Waals surface area contributed by atoms with Crippen LogP contribution in [-0.2, 0) is 0 Å². The van der Waals surface area contributed by atoms with Gasteiger partial charge in [0.05, 0.1) is 12.2 Å². The second-order valence-electron chi connectivity index (χ2n) is 3.61. The molecule has 0 aliphatic carbocycles. The fourth-order valence-corrected chi connectivity index (χ4v) is 2.42. The second-order valence-corrected chi connectivity index (χ2v) is 4.68. The SMILES string of the molecule is Nc1cnc(NC2COc3ccccc32)s1. The van der Waals surface area contributed by atoms with Crippen molar-refractivity contribution in [3.05, 3.63) is 36.0 Å². The molecule has 1 atom stereocenters. The summed E-state index contributed by atoms with van der Waals surface area (Å²) in [6.07, 6.45) is 1.66. The number of aromatic nitrogens is 1. The van der Waals surface area contributed by atoms with Crippen LogP contribution in [0.15, 0.2) is 30.5 Å². The van der Waals surface area contributed by atoms with Crippen LogP contribution in [0.5, 0.6) is 5.75 Å². The highest BCUT2D eigenvalue weighted by atomic mass is 32.1. The predicted molar refractivity (Wildman–Crippen MR) is 64.8 cm³/mol. The van der Waals surface area contributed by atoms with Gasteiger partial charge < -0.3 is 15.8 Å². The van der Waals surface area contributed by atoms with Crippen molar-refractivity contribution in [2.45, 2.75) is 6.04 Å². The maximum atomic E-state index is 5.63. The third-order valence-corrected chi connectivity index (χ3v) is 3.28. The third kappa shape index (κ3) is 1.59. The summed E-state index contributed by atoms with van der Waals surface area (Å²) in [6.45, 7) is 0.638. The van der Waals surface area contributed by atoms with Gasteiger partial charge in [-0.2, -0.15) is 0 Å². The average molecular weight is 233 g/mol. The van der Waals surface area contributed by atoms with Crippen LogP contribution in [0.1, 0.15) is 11.6 Å². The lowest BCUT2D eigenvalue weighted by atomic mass is 10.1. The van der Waals surface area contributed by atoms with Crippen LogP contribution in [0.2, 0.25) is 0 Å². The van der Waals surface area contributed by atoms with Gasteiger partial charge in [-0.25, -0.2) is 4.98 Å². The number of para-hydroxylation sites is 1. The summed E-state index contributed by atoms with van der Waals surface area (Å²) in [7, 11) is 0. The molecule has 0 radical (unpaired) electrons. The van der Waals surface area contributed by atoms with Gasteiger partial charge in [0, 0.05) is 5.56 Å². The van der Waals surface area contributed by atoms with Crippen molar-refractivity contribution in [3.8, 4) is 5.75 Å². The van der Waals surface area contributed by atoms with Crippen molar-refractivity contribution in [2.24, 2.45) is 0 Å². The van der Waals surface area contributed by atoms with Crippen molar-refractivity contribution < 1.29 is 4.74 Å². The van der Waals surface area contributed by atoms with E-state index < -0.39 is 0 Å². The van der Waals surface area contributed by atoms with E-state index >= 15 is 0 Å². The van der Waals surface area contributed by atoms with E-state index in [0.29, 0.717) is 6.61 Å². The summed E-state index contributed by atoms with van der Waals surface area (Å²) in [5.74, 6) is 0.949. The molecule has 1 aromatic carbocycles. The van der Waals surface area contributed by atoms with Crippen LogP contribution in [0, 0.1) is 0 Å². The summed E-state index contributed by atoms with van der Waals surface area (Å²) >= 11 is 1.45. The number of anilines is 2. The minimum atomic E-state index is 0.168. The van der Waals surface area contributed by atoms with Gasteiger partial charge in [0.1, 0.15) is 17.4 Å². The molecule has 0 amide bonds. The highest BCUT2D eigenvalue weighted by Gasteiger charge is 2.23. The molecule has 1 aliphatic rings. The smallest absolute Gasteiger partial charge is 0.185 e. The molecule has 2 aromatic rings. The number of nitrogens with zero attached hydrogens (tertiary/aromatic N) is 1. The van der Waals surface area contributed by atoms with Crippen LogP contribution in [0.3, 0.4) is 0 Å². The number of nitrogens with two attached hydrogens (primary N) is 1. The van der Waals surface area contributed by atoms with Crippen LogP contribution in [0.25, 0.3) is 0 Å². The Morgan fingerprint density at radius 2 is 2.31 bits per heavy atom. The first-order valence-corrected chi connectivity index (χ1v) is 5.84. The van der Waals surface area contributed by atoms with Gasteiger partial charge in [-0.15, -0.1) is 0 Å². The van der Waals surface area contributed by atoms with Gasteiger partial charge >= 0.3 is 0 Å². The molecule has 0 fully saturated rings. The first kappa shape index (κ1) is 9.47. The zero-order chi connectivity index (χ0) is 11.0. The summed E-state index contributed by atoms with van der Waals surface area (Å²) in [5, 5.41) is 4.87. The number of nitrogens with one attached hydrogen (secondary N) is 1. The molecule has 0 saturated heterocycles. The molecule has 1 aromatic heterocycles. The maximum absolute atomic E-state index is 5.63. The Bertz CT molecular complexity index is 511. The summed E-state index contributed by atoms with van der Waals surface area (Å²) < 4.78 is 5.57. The molecule has 82 valence electrons. The van der Waals surface area contributed by atoms with Gasteiger partial charge in [-0.3, -0.25) is 0 Å². The van der Waals surface area contributed by atoms with Crippen molar-refractivity contribution >= 4 is 21.5 Å². The van der Waals surface area contributed by atoms with E-state index in [1.54, 1.807) is 6.20 Å². The Morgan fingerprint density at radius 3 is 3.12 bits per heavy atom. The number of thiazole rings is 1. The van der Waals surface area contributed by atoms with E-state index in [9.17, 15) is 0 Å². The predicted octanol–water partition coefficient (Wildman–Crippen LogP) is 2.27. The van der Waals surface area contributed by atoms with Crippen LogP contribution in [-0.4, -0.2) is 11.6 Å². The molecular weight excluding hydrogens is 222 g/mol. The van der Waals surface area contributed by atoms with Gasteiger partial charge in [0.2, 0.25) is 0 Å². The largest absolute Gasteiger partial charge is 0.491 e. The molecule has 4 nitrogen and oxygen atoms in total. The van der Waals surface area contributed by atoms with Crippen molar-refractivity contribution in [1.82, 2.24) is 4.98 Å². The minimum absolute atomic E-state index is 0.168. The lowest BCUT2D eigenvalue weighted by Crippen LogP contribution is -2.11. The Labute approximate surface area is 97.1 Å². The molecule has 16 heavy (non-hydrogen) atoms. The number of benzene rings is 1. The van der Waals surface area contributed by atoms with Crippen molar-refractivity contribution in [1.29, 1.82) is 0 Å². The van der Waals surface area contributed by atoms with Gasteiger partial charge in [0.15, 0.2) is 5.13 Å². The number of hydrogen-bond donors (Lipinski definition) is 2. The van der Waals surface area contributed by atoms with Gasteiger partial charge in [-0.05, 0) is 6.07 Å². The molecule has 1 unspecified atom stereocenters. The van der Waals surface area contributed by atoms with Gasteiger partial charge in [0.25, 0.3) is 0 Å². The second kappa shape index (κ2) is 3.68. The van der Waals surface area contributed by atoms with E-state index in [-0.39, 0.29) is 6.04 Å². The molecule has 3 rings (SSSR count). The molecule has 3 N–H and O–H groups in total. The van der Waals surface area contributed by atoms with Crippen LogP contribution in [0.4, 0.5) is 10.1 Å². The molecule has 2 heterocycles. The zero-order valence-corrected chi connectivity index (χ0v) is 9.33. The maximum Gasteiger partial charge on any atom is 0.185 e. The fourth-order valence-electron chi connectivity index (χ4n) is 1.78. The molecule has 0 spiro atoms. The number of ether oxygens (including phenoxy) is 1. The molecule has 5 heteroatoms. The molecule has 0 saturated carbocycles. The van der Waals surface area contributed by atoms with E-state index in [1.807, 2.05) is 18.2 Å². The topological polar surface area (TPSA) is 60.2 Å². The third-order valence-electron chi connectivity index (χ3n) is 2.52. The summed E-state index contributed by atoms with van der Waals surface area (Å²) in [4.78, 5) is 4.18. The van der Waals surface area contributed by atoms with E-state index in [0.717, 1.165) is 15.9 Å². The average Bonchev–Trinajstić information content (AvgIpc) is 2.87. The highest BCUT2D eigenvalue weighted by Crippen LogP contribution is 2.35. The van der Waals surface area contributed by atoms with E-state index in [4.69, 9.17) is 10.5 Å². The molecule has 1 aliphatic heterocycles. The summed E-state index contributed by atoms with van der Waals surface area (Å²) in [6, 6.07) is 8.20. The quantitative estimate of drug-likeness (QED) is 0.835. The van der Waals surface area contributed by atoms with E-state index in [2.05, 4.69) is 16.4 Å². The number of fused-ring (bicyclic) bond motifs is 1.